The molecule has 0 aliphatic carbocycles. The number of aromatic nitrogens is 1. The molecule has 0 bridgehead atoms. The molecule has 2 N–H and O–H groups in total. The van der Waals surface area contributed by atoms with E-state index in [4.69, 9.17) is 0 Å². The van der Waals surface area contributed by atoms with Crippen molar-refractivity contribution in [2.75, 3.05) is 24.5 Å². The van der Waals surface area contributed by atoms with E-state index in [1.54, 1.807) is 18.2 Å². The predicted molar refractivity (Wildman–Crippen MR) is 99.3 cm³/mol. The number of carboxylic acid groups (broad SMARTS) is 1. The molecule has 0 radical (unpaired) electrons. The number of carboxylic acids is 1. The fourth-order valence-electron chi connectivity index (χ4n) is 3.90. The number of aromatic carboxylic acids is 1. The largest absolute Gasteiger partial charge is 0.478 e. The van der Waals surface area contributed by atoms with Crippen molar-refractivity contribution in [1.29, 1.82) is 0 Å². The number of H-pyrrole nitrogens is 1. The fraction of sp³-hybridized carbons (Fsp3) is 0.400. The Morgan fingerprint density at radius 2 is 1.81 bits per heavy atom. The van der Waals surface area contributed by atoms with Crippen molar-refractivity contribution in [2.24, 2.45) is 0 Å². The molecule has 6 heteroatoms. The molecule has 0 atom stereocenters. The summed E-state index contributed by atoms with van der Waals surface area (Å²) in [5, 5.41) is 9.25. The normalized spacial score (nSPS) is 17.1. The van der Waals surface area contributed by atoms with Gasteiger partial charge in [0.1, 0.15) is 11.5 Å². The second kappa shape index (κ2) is 6.86. The molecule has 1 fully saturated rings. The molecule has 1 aromatic carbocycles. The van der Waals surface area contributed by atoms with E-state index in [-0.39, 0.29) is 11.5 Å². The molecule has 1 aromatic heterocycles. The Bertz CT molecular complexity index is 837. The number of piperidine rings is 1. The number of likely N-dealkylation sites (tertiary alicyclic amines) is 1. The van der Waals surface area contributed by atoms with Gasteiger partial charge in [-0.05, 0) is 61.9 Å². The first-order valence-corrected chi connectivity index (χ1v) is 9.25. The van der Waals surface area contributed by atoms with Gasteiger partial charge in [-0.25, -0.2) is 4.79 Å². The van der Waals surface area contributed by atoms with Crippen LogP contribution >= 0.6 is 0 Å². The third-order valence-corrected chi connectivity index (χ3v) is 5.25. The van der Waals surface area contributed by atoms with Crippen LogP contribution in [0.4, 0.5) is 11.5 Å². The number of hydrogen-bond donors (Lipinski definition) is 2. The van der Waals surface area contributed by atoms with Gasteiger partial charge in [0, 0.05) is 25.3 Å². The van der Waals surface area contributed by atoms with Gasteiger partial charge >= 0.3 is 5.97 Å². The smallest absolute Gasteiger partial charge is 0.335 e. The van der Waals surface area contributed by atoms with Crippen LogP contribution in [0, 0.1) is 0 Å². The lowest BCUT2D eigenvalue weighted by Gasteiger charge is -2.29. The zero-order valence-corrected chi connectivity index (χ0v) is 14.7. The molecule has 3 heterocycles. The highest BCUT2D eigenvalue weighted by molar-refractivity contribution is 5.94. The van der Waals surface area contributed by atoms with Crippen LogP contribution in [-0.4, -0.2) is 46.5 Å². The van der Waals surface area contributed by atoms with Crippen LogP contribution in [0.15, 0.2) is 30.3 Å². The van der Waals surface area contributed by atoms with E-state index in [9.17, 15) is 14.7 Å². The molecule has 136 valence electrons. The van der Waals surface area contributed by atoms with Crippen molar-refractivity contribution in [3.05, 3.63) is 47.2 Å². The summed E-state index contributed by atoms with van der Waals surface area (Å²) in [6.45, 7) is 2.45. The van der Waals surface area contributed by atoms with Gasteiger partial charge < -0.3 is 19.9 Å². The summed E-state index contributed by atoms with van der Waals surface area (Å²) in [6.07, 6.45) is 5.23. The maximum Gasteiger partial charge on any atom is 0.335 e. The van der Waals surface area contributed by atoms with Crippen molar-refractivity contribution >= 4 is 23.4 Å². The first-order valence-electron chi connectivity index (χ1n) is 9.25. The standard InChI is InChI=1S/C20H23N3O3/c24-19(22-9-2-1-3-10-22)17-13-14-7-5-11-23(18(14)21-17)16-8-4-6-15(12-16)20(25)26/h4,6,8,12-13,21H,1-3,5,7,9-11H2,(H,25,26). The van der Waals surface area contributed by atoms with E-state index in [2.05, 4.69) is 9.88 Å². The Hall–Kier alpha value is -2.76. The van der Waals surface area contributed by atoms with Crippen LogP contribution in [0.1, 0.15) is 52.1 Å². The topological polar surface area (TPSA) is 76.6 Å². The third-order valence-electron chi connectivity index (χ3n) is 5.25. The summed E-state index contributed by atoms with van der Waals surface area (Å²) in [4.78, 5) is 31.4. The molecule has 0 spiro atoms. The molecule has 2 aliphatic rings. The van der Waals surface area contributed by atoms with Crippen LogP contribution < -0.4 is 4.90 Å². The molecular weight excluding hydrogens is 330 g/mol. The number of aromatic amines is 1. The highest BCUT2D eigenvalue weighted by Gasteiger charge is 2.26. The molecule has 0 saturated carbocycles. The first-order chi connectivity index (χ1) is 12.6. The number of nitrogens with zero attached hydrogens (tertiary/aromatic N) is 2. The van der Waals surface area contributed by atoms with Crippen LogP contribution in [0.5, 0.6) is 0 Å². The predicted octanol–water partition coefficient (Wildman–Crippen LogP) is 3.42. The number of carbonyl (C=O) groups is 2. The lowest BCUT2D eigenvalue weighted by atomic mass is 10.1. The Balaban J connectivity index is 1.64. The molecule has 2 aromatic rings. The number of rotatable bonds is 3. The van der Waals surface area contributed by atoms with E-state index >= 15 is 0 Å². The van der Waals surface area contributed by atoms with Crippen molar-refractivity contribution in [2.45, 2.75) is 32.1 Å². The Labute approximate surface area is 152 Å². The molecule has 1 saturated heterocycles. The minimum atomic E-state index is -0.934. The minimum absolute atomic E-state index is 0.0679. The third kappa shape index (κ3) is 3.07. The SMILES string of the molecule is O=C(O)c1cccc(N2CCCc3cc(C(=O)N4CCCCC4)[nH]c32)c1. The summed E-state index contributed by atoms with van der Waals surface area (Å²) in [5.41, 5.74) is 2.87. The number of anilines is 2. The van der Waals surface area contributed by atoms with Gasteiger partial charge in [0.05, 0.1) is 5.56 Å². The maximum absolute atomic E-state index is 12.8. The number of amides is 1. The summed E-state index contributed by atoms with van der Waals surface area (Å²) in [7, 11) is 0. The van der Waals surface area contributed by atoms with Crippen molar-refractivity contribution in [3.8, 4) is 0 Å². The van der Waals surface area contributed by atoms with E-state index < -0.39 is 5.97 Å². The quantitative estimate of drug-likeness (QED) is 0.886. The van der Waals surface area contributed by atoms with E-state index in [0.29, 0.717) is 5.69 Å². The summed E-state index contributed by atoms with van der Waals surface area (Å²) >= 11 is 0. The zero-order chi connectivity index (χ0) is 18.1. The van der Waals surface area contributed by atoms with E-state index in [0.717, 1.165) is 62.4 Å². The van der Waals surface area contributed by atoms with Crippen LogP contribution in [0.25, 0.3) is 0 Å². The number of aryl methyl sites for hydroxylation is 1. The molecule has 6 nitrogen and oxygen atoms in total. The second-order valence-corrected chi connectivity index (χ2v) is 7.02. The van der Waals surface area contributed by atoms with E-state index in [1.807, 2.05) is 17.0 Å². The molecule has 2 aliphatic heterocycles. The average molecular weight is 353 g/mol. The molecule has 26 heavy (non-hydrogen) atoms. The highest BCUT2D eigenvalue weighted by atomic mass is 16.4. The van der Waals surface area contributed by atoms with Gasteiger partial charge in [-0.15, -0.1) is 0 Å². The Morgan fingerprint density at radius 1 is 1.00 bits per heavy atom. The number of nitrogens with one attached hydrogen (secondary N) is 1. The first kappa shape index (κ1) is 16.7. The summed E-state index contributed by atoms with van der Waals surface area (Å²) in [6, 6.07) is 8.92. The summed E-state index contributed by atoms with van der Waals surface area (Å²) < 4.78 is 0. The number of fused-ring (bicyclic) bond motifs is 1. The number of carbonyl (C=O) groups excluding carboxylic acids is 1. The van der Waals surface area contributed by atoms with Crippen molar-refractivity contribution in [3.63, 3.8) is 0 Å². The zero-order valence-electron chi connectivity index (χ0n) is 14.7. The van der Waals surface area contributed by atoms with Gasteiger partial charge in [0.2, 0.25) is 0 Å². The maximum atomic E-state index is 12.8. The van der Waals surface area contributed by atoms with Crippen molar-refractivity contribution in [1.82, 2.24) is 9.88 Å². The van der Waals surface area contributed by atoms with Gasteiger partial charge in [-0.3, -0.25) is 4.79 Å². The highest BCUT2D eigenvalue weighted by Crippen LogP contribution is 2.34. The van der Waals surface area contributed by atoms with Crippen LogP contribution in [-0.2, 0) is 6.42 Å². The monoisotopic (exact) mass is 353 g/mol. The number of hydrogen-bond acceptors (Lipinski definition) is 3. The average Bonchev–Trinajstić information content (AvgIpc) is 3.12. The van der Waals surface area contributed by atoms with Gasteiger partial charge in [0.15, 0.2) is 0 Å². The fourth-order valence-corrected chi connectivity index (χ4v) is 3.90. The second-order valence-electron chi connectivity index (χ2n) is 7.02. The molecule has 0 unspecified atom stereocenters. The van der Waals surface area contributed by atoms with Gasteiger partial charge in [-0.2, -0.15) is 0 Å². The minimum Gasteiger partial charge on any atom is -0.478 e. The Kier molecular flexibility index (Phi) is 4.41. The Morgan fingerprint density at radius 3 is 2.58 bits per heavy atom. The van der Waals surface area contributed by atoms with Crippen molar-refractivity contribution < 1.29 is 14.7 Å². The van der Waals surface area contributed by atoms with Gasteiger partial charge in [0.25, 0.3) is 5.91 Å². The lowest BCUT2D eigenvalue weighted by molar-refractivity contribution is 0.0694. The molecular formula is C20H23N3O3. The number of benzene rings is 1. The van der Waals surface area contributed by atoms with E-state index in [1.165, 1.54) is 6.42 Å². The summed E-state index contributed by atoms with van der Waals surface area (Å²) in [5.74, 6) is 0.0500. The van der Waals surface area contributed by atoms with Gasteiger partial charge in [-0.1, -0.05) is 6.07 Å². The van der Waals surface area contributed by atoms with Crippen LogP contribution in [0.2, 0.25) is 0 Å². The lowest BCUT2D eigenvalue weighted by Crippen LogP contribution is -2.35. The van der Waals surface area contributed by atoms with Crippen LogP contribution in [0.3, 0.4) is 0 Å². The molecule has 1 amide bonds. The molecule has 4 rings (SSSR count).